The van der Waals surface area contributed by atoms with Gasteiger partial charge < -0.3 is 5.32 Å². The van der Waals surface area contributed by atoms with E-state index in [2.05, 4.69) is 5.32 Å². The summed E-state index contributed by atoms with van der Waals surface area (Å²) < 4.78 is 27.2. The number of nitrogens with one attached hydrogen (secondary N) is 1. The smallest absolute Gasteiger partial charge is 0.243 e. The van der Waals surface area contributed by atoms with Crippen LogP contribution in [0.25, 0.3) is 0 Å². The van der Waals surface area contributed by atoms with Crippen LogP contribution in [0, 0.1) is 6.92 Å². The lowest BCUT2D eigenvalue weighted by Gasteiger charge is -2.26. The number of hydrogen-bond acceptors (Lipinski definition) is 4. The largest absolute Gasteiger partial charge is 0.310 e. The van der Waals surface area contributed by atoms with Crippen LogP contribution < -0.4 is 5.32 Å². The lowest BCUT2D eigenvalue weighted by Crippen LogP contribution is -2.38. The minimum atomic E-state index is -3.35. The van der Waals surface area contributed by atoms with Gasteiger partial charge in [-0.2, -0.15) is 16.1 Å². The lowest BCUT2D eigenvalue weighted by molar-refractivity contribution is 0.443. The summed E-state index contributed by atoms with van der Waals surface area (Å²) in [4.78, 5) is 0.476. The van der Waals surface area contributed by atoms with Crippen molar-refractivity contribution in [2.24, 2.45) is 0 Å². The first-order valence-electron chi connectivity index (χ1n) is 7.49. The molecule has 1 aromatic carbocycles. The number of hydrogen-bond donors (Lipinski definition) is 1. The Kier molecular flexibility index (Phi) is 4.59. The molecule has 1 aliphatic heterocycles. The summed E-state index contributed by atoms with van der Waals surface area (Å²) >= 11 is 1.82. The monoisotopic (exact) mass is 326 g/mol. The van der Waals surface area contributed by atoms with Crippen LogP contribution in [0.2, 0.25) is 0 Å². The van der Waals surface area contributed by atoms with Gasteiger partial charge in [0.15, 0.2) is 0 Å². The van der Waals surface area contributed by atoms with E-state index in [1.165, 1.54) is 12.8 Å². The molecule has 0 aromatic heterocycles. The van der Waals surface area contributed by atoms with Gasteiger partial charge in [0, 0.05) is 37.2 Å². The number of sulfonamides is 1. The maximum Gasteiger partial charge on any atom is 0.243 e. The summed E-state index contributed by atoms with van der Waals surface area (Å²) in [5.41, 5.74) is 1.98. The Balaban J connectivity index is 1.84. The van der Waals surface area contributed by atoms with Gasteiger partial charge in [-0.1, -0.05) is 12.1 Å². The molecule has 1 aliphatic carbocycles. The van der Waals surface area contributed by atoms with E-state index in [0.29, 0.717) is 24.0 Å². The zero-order chi connectivity index (χ0) is 14.9. The fourth-order valence-electron chi connectivity index (χ4n) is 2.60. The van der Waals surface area contributed by atoms with Crippen LogP contribution in [0.15, 0.2) is 23.1 Å². The highest BCUT2D eigenvalue weighted by Gasteiger charge is 2.28. The lowest BCUT2D eigenvalue weighted by atomic mass is 10.1. The van der Waals surface area contributed by atoms with Crippen molar-refractivity contribution in [3.8, 4) is 0 Å². The Morgan fingerprint density at radius 1 is 1.29 bits per heavy atom. The summed E-state index contributed by atoms with van der Waals surface area (Å²) in [6.45, 7) is 3.93. The Labute approximate surface area is 131 Å². The van der Waals surface area contributed by atoms with Crippen molar-refractivity contribution in [3.05, 3.63) is 29.3 Å². The molecular weight excluding hydrogens is 304 g/mol. The highest BCUT2D eigenvalue weighted by molar-refractivity contribution is 7.99. The molecule has 0 spiro atoms. The minimum Gasteiger partial charge on any atom is -0.310 e. The SMILES string of the molecule is Cc1c(CNC2CC2)cccc1S(=O)(=O)N1CCSCC1. The maximum absolute atomic E-state index is 12.8. The van der Waals surface area contributed by atoms with E-state index < -0.39 is 10.0 Å². The third-order valence-corrected chi connectivity index (χ3v) is 7.13. The summed E-state index contributed by atoms with van der Waals surface area (Å²) in [5.74, 6) is 1.78. The molecule has 116 valence electrons. The van der Waals surface area contributed by atoms with Crippen LogP contribution in [0.1, 0.15) is 24.0 Å². The zero-order valence-corrected chi connectivity index (χ0v) is 14.0. The summed E-state index contributed by atoms with van der Waals surface area (Å²) in [5, 5.41) is 3.46. The Hall–Kier alpha value is -0.560. The van der Waals surface area contributed by atoms with Gasteiger partial charge in [-0.3, -0.25) is 0 Å². The predicted molar refractivity (Wildman–Crippen MR) is 87.1 cm³/mol. The van der Waals surface area contributed by atoms with Crippen LogP contribution in [-0.2, 0) is 16.6 Å². The fourth-order valence-corrected chi connectivity index (χ4v) is 5.44. The third-order valence-electron chi connectivity index (χ3n) is 4.14. The first kappa shape index (κ1) is 15.3. The van der Waals surface area contributed by atoms with Crippen LogP contribution in [0.3, 0.4) is 0 Å². The number of nitrogens with zero attached hydrogens (tertiary/aromatic N) is 1. The second-order valence-electron chi connectivity index (χ2n) is 5.71. The van der Waals surface area contributed by atoms with E-state index in [-0.39, 0.29) is 0 Å². The molecular formula is C15H22N2O2S2. The Bertz CT molecular complexity index is 606. The van der Waals surface area contributed by atoms with Gasteiger partial charge in [0.05, 0.1) is 4.90 Å². The first-order valence-corrected chi connectivity index (χ1v) is 10.1. The van der Waals surface area contributed by atoms with Gasteiger partial charge in [-0.15, -0.1) is 0 Å². The quantitative estimate of drug-likeness (QED) is 0.899. The van der Waals surface area contributed by atoms with Crippen molar-refractivity contribution < 1.29 is 8.42 Å². The van der Waals surface area contributed by atoms with Crippen LogP contribution in [0.4, 0.5) is 0 Å². The van der Waals surface area contributed by atoms with Crippen molar-refractivity contribution in [2.45, 2.75) is 37.2 Å². The van der Waals surface area contributed by atoms with Crippen LogP contribution >= 0.6 is 11.8 Å². The molecule has 3 rings (SSSR count). The molecule has 1 N–H and O–H groups in total. The number of thioether (sulfide) groups is 1. The molecule has 4 nitrogen and oxygen atoms in total. The summed E-state index contributed by atoms with van der Waals surface area (Å²) in [7, 11) is -3.35. The second kappa shape index (κ2) is 6.28. The normalized spacial score (nSPS) is 20.6. The molecule has 0 unspecified atom stereocenters. The zero-order valence-electron chi connectivity index (χ0n) is 12.3. The fraction of sp³-hybridized carbons (Fsp3) is 0.600. The molecule has 0 bridgehead atoms. The van der Waals surface area contributed by atoms with Crippen LogP contribution in [-0.4, -0.2) is 43.4 Å². The van der Waals surface area contributed by atoms with Gasteiger partial charge in [0.25, 0.3) is 0 Å². The Morgan fingerprint density at radius 2 is 2.00 bits per heavy atom. The number of benzene rings is 1. The van der Waals surface area contributed by atoms with E-state index in [9.17, 15) is 8.42 Å². The van der Waals surface area contributed by atoms with E-state index in [4.69, 9.17) is 0 Å². The third kappa shape index (κ3) is 3.44. The number of rotatable bonds is 5. The van der Waals surface area contributed by atoms with Crippen LogP contribution in [0.5, 0.6) is 0 Å². The standard InChI is InChI=1S/C15H22N2O2S2/c1-12-13(11-16-14-5-6-14)3-2-4-15(12)21(18,19)17-7-9-20-10-8-17/h2-4,14,16H,5-11H2,1H3. The molecule has 0 amide bonds. The summed E-state index contributed by atoms with van der Waals surface area (Å²) in [6, 6.07) is 6.26. The second-order valence-corrected chi connectivity index (χ2v) is 8.84. The van der Waals surface area contributed by atoms with Gasteiger partial charge in [0.2, 0.25) is 10.0 Å². The van der Waals surface area contributed by atoms with E-state index in [1.807, 2.05) is 30.8 Å². The van der Waals surface area contributed by atoms with Crippen molar-refractivity contribution in [3.63, 3.8) is 0 Å². The van der Waals surface area contributed by atoms with Gasteiger partial charge in [-0.05, 0) is 37.0 Å². The topological polar surface area (TPSA) is 49.4 Å². The van der Waals surface area contributed by atoms with Crippen molar-refractivity contribution in [2.75, 3.05) is 24.6 Å². The van der Waals surface area contributed by atoms with Crippen molar-refractivity contribution >= 4 is 21.8 Å². The molecule has 1 saturated carbocycles. The minimum absolute atomic E-state index is 0.476. The average Bonchev–Trinajstić information content (AvgIpc) is 3.31. The van der Waals surface area contributed by atoms with Gasteiger partial charge in [-0.25, -0.2) is 8.42 Å². The summed E-state index contributed by atoms with van der Waals surface area (Å²) in [6.07, 6.45) is 2.48. The molecule has 1 heterocycles. The van der Waals surface area contributed by atoms with E-state index in [1.54, 1.807) is 10.4 Å². The predicted octanol–water partition coefficient (Wildman–Crippen LogP) is 1.98. The van der Waals surface area contributed by atoms with E-state index in [0.717, 1.165) is 29.2 Å². The molecule has 0 radical (unpaired) electrons. The highest BCUT2D eigenvalue weighted by Crippen LogP contribution is 2.26. The maximum atomic E-state index is 12.8. The van der Waals surface area contributed by atoms with Crippen molar-refractivity contribution in [1.29, 1.82) is 0 Å². The Morgan fingerprint density at radius 3 is 2.67 bits per heavy atom. The molecule has 2 fully saturated rings. The first-order chi connectivity index (χ1) is 10.1. The van der Waals surface area contributed by atoms with Crippen molar-refractivity contribution in [1.82, 2.24) is 9.62 Å². The molecule has 21 heavy (non-hydrogen) atoms. The van der Waals surface area contributed by atoms with Gasteiger partial charge >= 0.3 is 0 Å². The molecule has 1 aromatic rings. The van der Waals surface area contributed by atoms with E-state index >= 15 is 0 Å². The molecule has 1 saturated heterocycles. The average molecular weight is 326 g/mol. The molecule has 0 atom stereocenters. The van der Waals surface area contributed by atoms with Gasteiger partial charge in [0.1, 0.15) is 0 Å². The highest BCUT2D eigenvalue weighted by atomic mass is 32.2. The molecule has 6 heteroatoms. The molecule has 2 aliphatic rings.